The lowest BCUT2D eigenvalue weighted by Crippen LogP contribution is -2.47. The van der Waals surface area contributed by atoms with Crippen LogP contribution in [-0.4, -0.2) is 35.8 Å². The number of Topliss-reactive ketones (excluding diaryl/α,β-unsaturated/α-hetero) is 1. The van der Waals surface area contributed by atoms with Crippen LogP contribution < -0.4 is 10.6 Å². The lowest BCUT2D eigenvalue weighted by molar-refractivity contribution is -0.130. The van der Waals surface area contributed by atoms with E-state index in [1.807, 2.05) is 0 Å². The van der Waals surface area contributed by atoms with E-state index in [1.165, 1.54) is 11.3 Å². The summed E-state index contributed by atoms with van der Waals surface area (Å²) < 4.78 is 0. The number of thiazole rings is 1. The fourth-order valence-corrected chi connectivity index (χ4v) is 3.66. The maximum Gasteiger partial charge on any atom is 0.280 e. The van der Waals surface area contributed by atoms with Gasteiger partial charge in [-0.2, -0.15) is 0 Å². The molecule has 2 N–H and O–H groups in total. The molecule has 102 valence electrons. The van der Waals surface area contributed by atoms with Crippen LogP contribution in [0.5, 0.6) is 0 Å². The molecule has 3 rings (SSSR count). The third kappa shape index (κ3) is 2.42. The van der Waals surface area contributed by atoms with Crippen molar-refractivity contribution in [2.75, 3.05) is 13.1 Å². The SMILES string of the molecule is O=C(N[C@H]1CCC(=O)C2(CCNC2)C1)c1nccs1. The molecule has 2 fully saturated rings. The van der Waals surface area contributed by atoms with Gasteiger partial charge in [0.25, 0.3) is 5.91 Å². The van der Waals surface area contributed by atoms with Crippen molar-refractivity contribution in [3.05, 3.63) is 16.6 Å². The van der Waals surface area contributed by atoms with E-state index in [9.17, 15) is 9.59 Å². The standard InChI is InChI=1S/C13H17N3O2S/c17-10-2-1-9(7-13(10)3-4-14-8-13)16-11(18)12-15-5-6-19-12/h5-6,9,14H,1-4,7-8H2,(H,16,18)/t9-,13?/m0/s1. The fraction of sp³-hybridized carbons (Fsp3) is 0.615. The molecule has 1 aliphatic heterocycles. The molecule has 1 aromatic heterocycles. The van der Waals surface area contributed by atoms with Crippen LogP contribution in [0.1, 0.15) is 35.5 Å². The monoisotopic (exact) mass is 279 g/mol. The second-order valence-electron chi connectivity index (χ2n) is 5.38. The first-order valence-corrected chi connectivity index (χ1v) is 7.52. The molecular weight excluding hydrogens is 262 g/mol. The van der Waals surface area contributed by atoms with Crippen LogP contribution in [0.3, 0.4) is 0 Å². The number of rotatable bonds is 2. The number of carbonyl (C=O) groups excluding carboxylic acids is 2. The van der Waals surface area contributed by atoms with Crippen LogP contribution in [0, 0.1) is 5.41 Å². The molecule has 1 aromatic rings. The van der Waals surface area contributed by atoms with Crippen molar-refractivity contribution in [3.63, 3.8) is 0 Å². The number of ketones is 1. The van der Waals surface area contributed by atoms with Gasteiger partial charge in [-0.1, -0.05) is 0 Å². The summed E-state index contributed by atoms with van der Waals surface area (Å²) in [6, 6.07) is 0.0917. The molecule has 1 unspecified atom stereocenters. The van der Waals surface area contributed by atoms with Crippen molar-refractivity contribution in [2.24, 2.45) is 5.41 Å². The van der Waals surface area contributed by atoms with Crippen molar-refractivity contribution in [1.29, 1.82) is 0 Å². The summed E-state index contributed by atoms with van der Waals surface area (Å²) in [5, 5.41) is 8.58. The Balaban J connectivity index is 1.66. The summed E-state index contributed by atoms with van der Waals surface area (Å²) in [6.07, 6.45) is 4.61. The van der Waals surface area contributed by atoms with Gasteiger partial charge >= 0.3 is 0 Å². The zero-order chi connectivity index (χ0) is 13.3. The number of nitrogens with zero attached hydrogens (tertiary/aromatic N) is 1. The number of nitrogens with one attached hydrogen (secondary N) is 2. The van der Waals surface area contributed by atoms with E-state index in [-0.39, 0.29) is 17.4 Å². The molecule has 0 radical (unpaired) electrons. The van der Waals surface area contributed by atoms with Crippen molar-refractivity contribution < 1.29 is 9.59 Å². The van der Waals surface area contributed by atoms with Crippen molar-refractivity contribution in [3.8, 4) is 0 Å². The largest absolute Gasteiger partial charge is 0.347 e. The third-order valence-electron chi connectivity index (χ3n) is 4.15. The van der Waals surface area contributed by atoms with Gasteiger partial charge in [0.05, 0.1) is 0 Å². The summed E-state index contributed by atoms with van der Waals surface area (Å²) >= 11 is 1.34. The van der Waals surface area contributed by atoms with Crippen molar-refractivity contribution in [1.82, 2.24) is 15.6 Å². The Bertz CT molecular complexity index is 480. The van der Waals surface area contributed by atoms with Gasteiger partial charge in [0.1, 0.15) is 5.78 Å². The Kier molecular flexibility index (Phi) is 3.36. The average molecular weight is 279 g/mol. The zero-order valence-electron chi connectivity index (χ0n) is 10.6. The van der Waals surface area contributed by atoms with Crippen LogP contribution in [0.4, 0.5) is 0 Å². The van der Waals surface area contributed by atoms with Gasteiger partial charge in [0.2, 0.25) is 0 Å². The Morgan fingerprint density at radius 2 is 2.47 bits per heavy atom. The molecule has 1 saturated heterocycles. The fourth-order valence-electron chi connectivity index (χ4n) is 3.12. The second kappa shape index (κ2) is 5.02. The summed E-state index contributed by atoms with van der Waals surface area (Å²) in [5.74, 6) is 0.243. The topological polar surface area (TPSA) is 71.1 Å². The van der Waals surface area contributed by atoms with Gasteiger partial charge in [-0.25, -0.2) is 4.98 Å². The van der Waals surface area contributed by atoms with Gasteiger partial charge < -0.3 is 10.6 Å². The highest BCUT2D eigenvalue weighted by atomic mass is 32.1. The minimum atomic E-state index is -0.237. The van der Waals surface area contributed by atoms with Crippen LogP contribution in [0.25, 0.3) is 0 Å². The van der Waals surface area contributed by atoms with E-state index in [0.29, 0.717) is 17.2 Å². The number of amides is 1. The van der Waals surface area contributed by atoms with Crippen LogP contribution in [-0.2, 0) is 4.79 Å². The lowest BCUT2D eigenvalue weighted by atomic mass is 9.70. The highest BCUT2D eigenvalue weighted by Crippen LogP contribution is 2.38. The van der Waals surface area contributed by atoms with Crippen molar-refractivity contribution in [2.45, 2.75) is 31.7 Å². The van der Waals surface area contributed by atoms with E-state index >= 15 is 0 Å². The molecule has 1 aliphatic carbocycles. The van der Waals surface area contributed by atoms with Gasteiger partial charge in [-0.3, -0.25) is 9.59 Å². The molecule has 2 atom stereocenters. The van der Waals surface area contributed by atoms with Gasteiger partial charge in [-0.15, -0.1) is 11.3 Å². The number of aromatic nitrogens is 1. The minimum absolute atomic E-state index is 0.0917. The number of hydrogen-bond donors (Lipinski definition) is 2. The third-order valence-corrected chi connectivity index (χ3v) is 4.93. The first kappa shape index (κ1) is 12.7. The quantitative estimate of drug-likeness (QED) is 0.846. The van der Waals surface area contributed by atoms with Gasteiger partial charge in [0.15, 0.2) is 5.01 Å². The summed E-state index contributed by atoms with van der Waals surface area (Å²) in [7, 11) is 0. The smallest absolute Gasteiger partial charge is 0.280 e. The van der Waals surface area contributed by atoms with Gasteiger partial charge in [-0.05, 0) is 25.8 Å². The predicted octanol–water partition coefficient (Wildman–Crippen LogP) is 0.974. The Hall–Kier alpha value is -1.27. The molecule has 1 saturated carbocycles. The molecule has 5 nitrogen and oxygen atoms in total. The highest BCUT2D eigenvalue weighted by molar-refractivity contribution is 7.11. The maximum atomic E-state index is 12.1. The Morgan fingerprint density at radius 3 is 3.16 bits per heavy atom. The lowest BCUT2D eigenvalue weighted by Gasteiger charge is -2.36. The van der Waals surface area contributed by atoms with Gasteiger partial charge in [0, 0.05) is 36.0 Å². The van der Waals surface area contributed by atoms with Crippen LogP contribution in [0.2, 0.25) is 0 Å². The Labute approximate surface area is 115 Å². The highest BCUT2D eigenvalue weighted by Gasteiger charge is 2.45. The van der Waals surface area contributed by atoms with E-state index in [0.717, 1.165) is 32.4 Å². The molecule has 1 spiro atoms. The van der Waals surface area contributed by atoms with Crippen LogP contribution in [0.15, 0.2) is 11.6 Å². The summed E-state index contributed by atoms with van der Waals surface area (Å²) in [6.45, 7) is 1.66. The normalized spacial score (nSPS) is 30.7. The molecule has 2 heterocycles. The number of carbonyl (C=O) groups is 2. The molecule has 1 amide bonds. The molecule has 19 heavy (non-hydrogen) atoms. The van der Waals surface area contributed by atoms with E-state index < -0.39 is 0 Å². The summed E-state index contributed by atoms with van der Waals surface area (Å²) in [5.41, 5.74) is -0.237. The summed E-state index contributed by atoms with van der Waals surface area (Å²) in [4.78, 5) is 28.1. The first-order valence-electron chi connectivity index (χ1n) is 6.64. The average Bonchev–Trinajstić information content (AvgIpc) is 3.06. The second-order valence-corrected chi connectivity index (χ2v) is 6.28. The van der Waals surface area contributed by atoms with E-state index in [4.69, 9.17) is 0 Å². The van der Waals surface area contributed by atoms with E-state index in [1.54, 1.807) is 11.6 Å². The number of hydrogen-bond acceptors (Lipinski definition) is 5. The van der Waals surface area contributed by atoms with Crippen LogP contribution >= 0.6 is 11.3 Å². The minimum Gasteiger partial charge on any atom is -0.347 e. The van der Waals surface area contributed by atoms with E-state index in [2.05, 4.69) is 15.6 Å². The molecule has 0 bridgehead atoms. The Morgan fingerprint density at radius 1 is 1.58 bits per heavy atom. The first-order chi connectivity index (χ1) is 9.20. The molecular formula is C13H17N3O2S. The molecule has 6 heteroatoms. The predicted molar refractivity (Wildman–Crippen MR) is 72.1 cm³/mol. The maximum absolute atomic E-state index is 12.1. The molecule has 0 aromatic carbocycles. The molecule has 2 aliphatic rings. The zero-order valence-corrected chi connectivity index (χ0v) is 11.5. The van der Waals surface area contributed by atoms with Crippen molar-refractivity contribution >= 4 is 23.0 Å².